The fourth-order valence-corrected chi connectivity index (χ4v) is 2.37. The molecular formula is C16H23N3. The van der Waals surface area contributed by atoms with Crippen LogP contribution in [0.3, 0.4) is 0 Å². The van der Waals surface area contributed by atoms with Crippen LogP contribution in [0, 0.1) is 11.8 Å². The lowest BCUT2D eigenvalue weighted by atomic mass is 10.1. The Hall–Kier alpha value is -1.64. The van der Waals surface area contributed by atoms with Crippen LogP contribution in [0.25, 0.3) is 10.9 Å². The van der Waals surface area contributed by atoms with Gasteiger partial charge in [-0.05, 0) is 24.0 Å². The highest BCUT2D eigenvalue weighted by molar-refractivity contribution is 5.89. The number of benzene rings is 1. The van der Waals surface area contributed by atoms with E-state index in [-0.39, 0.29) is 0 Å². The Labute approximate surface area is 115 Å². The Bertz CT molecular complexity index is 519. The summed E-state index contributed by atoms with van der Waals surface area (Å²) in [6.07, 6.45) is 1.67. The standard InChI is InChI=1S/C16H23N3/c1-12(2)9-19(10-13(3)4)16-14-7-5-6-8-15(14)17-11-18-16/h5-8,11-13H,9-10H2,1-4H3. The van der Waals surface area contributed by atoms with Crippen molar-refractivity contribution in [3.05, 3.63) is 30.6 Å². The number of fused-ring (bicyclic) bond motifs is 1. The van der Waals surface area contributed by atoms with Gasteiger partial charge in [0, 0.05) is 18.5 Å². The Morgan fingerprint density at radius 3 is 2.21 bits per heavy atom. The van der Waals surface area contributed by atoms with Crippen molar-refractivity contribution in [1.82, 2.24) is 9.97 Å². The lowest BCUT2D eigenvalue weighted by Crippen LogP contribution is -2.32. The predicted molar refractivity (Wildman–Crippen MR) is 81.4 cm³/mol. The molecule has 102 valence electrons. The van der Waals surface area contributed by atoms with Gasteiger partial charge in [-0.15, -0.1) is 0 Å². The summed E-state index contributed by atoms with van der Waals surface area (Å²) in [5.74, 6) is 2.30. The van der Waals surface area contributed by atoms with Crippen LogP contribution >= 0.6 is 0 Å². The van der Waals surface area contributed by atoms with E-state index in [4.69, 9.17) is 0 Å². The van der Waals surface area contributed by atoms with Crippen molar-refractivity contribution in [2.45, 2.75) is 27.7 Å². The van der Waals surface area contributed by atoms with E-state index in [1.807, 2.05) is 12.1 Å². The monoisotopic (exact) mass is 257 g/mol. The molecule has 0 N–H and O–H groups in total. The van der Waals surface area contributed by atoms with Gasteiger partial charge >= 0.3 is 0 Å². The molecule has 1 heterocycles. The SMILES string of the molecule is CC(C)CN(CC(C)C)c1ncnc2ccccc12. The molecule has 0 fully saturated rings. The Kier molecular flexibility index (Phi) is 4.35. The second-order valence-corrected chi connectivity index (χ2v) is 5.91. The van der Waals surface area contributed by atoms with Gasteiger partial charge in [-0.25, -0.2) is 9.97 Å². The van der Waals surface area contributed by atoms with Crippen molar-refractivity contribution in [1.29, 1.82) is 0 Å². The van der Waals surface area contributed by atoms with Crippen LogP contribution in [0.15, 0.2) is 30.6 Å². The normalized spacial score (nSPS) is 11.5. The third kappa shape index (κ3) is 3.43. The molecule has 0 atom stereocenters. The minimum atomic E-state index is 0.618. The maximum atomic E-state index is 4.53. The van der Waals surface area contributed by atoms with E-state index in [0.717, 1.165) is 29.8 Å². The Balaban J connectivity index is 2.42. The fourth-order valence-electron chi connectivity index (χ4n) is 2.37. The minimum absolute atomic E-state index is 0.618. The second-order valence-electron chi connectivity index (χ2n) is 5.91. The fraction of sp³-hybridized carbons (Fsp3) is 0.500. The molecule has 2 aromatic rings. The average molecular weight is 257 g/mol. The number of rotatable bonds is 5. The summed E-state index contributed by atoms with van der Waals surface area (Å²) in [7, 11) is 0. The zero-order valence-corrected chi connectivity index (χ0v) is 12.3. The molecule has 0 aliphatic heterocycles. The molecule has 1 aromatic carbocycles. The van der Waals surface area contributed by atoms with Crippen LogP contribution in [0.1, 0.15) is 27.7 Å². The van der Waals surface area contributed by atoms with Crippen molar-refractivity contribution in [3.63, 3.8) is 0 Å². The molecule has 0 radical (unpaired) electrons. The highest BCUT2D eigenvalue weighted by Gasteiger charge is 2.14. The van der Waals surface area contributed by atoms with Gasteiger partial charge in [0.1, 0.15) is 12.1 Å². The molecule has 19 heavy (non-hydrogen) atoms. The van der Waals surface area contributed by atoms with Crippen molar-refractivity contribution < 1.29 is 0 Å². The molecule has 2 rings (SSSR count). The molecule has 3 nitrogen and oxygen atoms in total. The van der Waals surface area contributed by atoms with E-state index in [1.165, 1.54) is 0 Å². The molecule has 0 spiro atoms. The van der Waals surface area contributed by atoms with Crippen molar-refractivity contribution in [2.24, 2.45) is 11.8 Å². The maximum absolute atomic E-state index is 4.53. The van der Waals surface area contributed by atoms with Gasteiger partial charge in [0.15, 0.2) is 0 Å². The maximum Gasteiger partial charge on any atom is 0.139 e. The van der Waals surface area contributed by atoms with Gasteiger partial charge in [0.2, 0.25) is 0 Å². The summed E-state index contributed by atoms with van der Waals surface area (Å²) in [6, 6.07) is 8.23. The topological polar surface area (TPSA) is 29.0 Å². The van der Waals surface area contributed by atoms with Gasteiger partial charge in [0.25, 0.3) is 0 Å². The zero-order valence-electron chi connectivity index (χ0n) is 12.3. The van der Waals surface area contributed by atoms with E-state index in [1.54, 1.807) is 6.33 Å². The highest BCUT2D eigenvalue weighted by atomic mass is 15.2. The van der Waals surface area contributed by atoms with Crippen molar-refractivity contribution in [2.75, 3.05) is 18.0 Å². The zero-order chi connectivity index (χ0) is 13.8. The Morgan fingerprint density at radius 1 is 0.947 bits per heavy atom. The smallest absolute Gasteiger partial charge is 0.139 e. The third-order valence-corrected chi connectivity index (χ3v) is 2.99. The van der Waals surface area contributed by atoms with E-state index in [9.17, 15) is 0 Å². The third-order valence-electron chi connectivity index (χ3n) is 2.99. The molecule has 0 unspecified atom stereocenters. The van der Waals surface area contributed by atoms with Gasteiger partial charge in [-0.1, -0.05) is 39.8 Å². The van der Waals surface area contributed by atoms with E-state index >= 15 is 0 Å². The molecule has 0 aliphatic carbocycles. The van der Waals surface area contributed by atoms with Crippen LogP contribution in [0.4, 0.5) is 5.82 Å². The summed E-state index contributed by atoms with van der Waals surface area (Å²) >= 11 is 0. The minimum Gasteiger partial charge on any atom is -0.355 e. The second kappa shape index (κ2) is 6.00. The quantitative estimate of drug-likeness (QED) is 0.817. The van der Waals surface area contributed by atoms with E-state index < -0.39 is 0 Å². The molecule has 0 bridgehead atoms. The number of nitrogens with zero attached hydrogens (tertiary/aromatic N) is 3. The first kappa shape index (κ1) is 13.8. The average Bonchev–Trinajstić information content (AvgIpc) is 2.36. The first-order chi connectivity index (χ1) is 9.08. The largest absolute Gasteiger partial charge is 0.355 e. The first-order valence-corrected chi connectivity index (χ1v) is 7.02. The van der Waals surface area contributed by atoms with Gasteiger partial charge in [0.05, 0.1) is 5.52 Å². The summed E-state index contributed by atoms with van der Waals surface area (Å²) in [6.45, 7) is 11.0. The summed E-state index contributed by atoms with van der Waals surface area (Å²) in [5, 5.41) is 1.14. The van der Waals surface area contributed by atoms with Crippen LogP contribution in [-0.2, 0) is 0 Å². The van der Waals surface area contributed by atoms with Crippen LogP contribution in [-0.4, -0.2) is 23.1 Å². The first-order valence-electron chi connectivity index (χ1n) is 7.02. The number of anilines is 1. The Morgan fingerprint density at radius 2 is 1.58 bits per heavy atom. The lowest BCUT2D eigenvalue weighted by molar-refractivity contribution is 0.550. The summed E-state index contributed by atoms with van der Waals surface area (Å²) in [4.78, 5) is 11.3. The number of para-hydroxylation sites is 1. The highest BCUT2D eigenvalue weighted by Crippen LogP contribution is 2.24. The molecule has 0 amide bonds. The van der Waals surface area contributed by atoms with Crippen LogP contribution in [0.5, 0.6) is 0 Å². The van der Waals surface area contributed by atoms with Crippen LogP contribution in [0.2, 0.25) is 0 Å². The molecule has 0 saturated carbocycles. The summed E-state index contributed by atoms with van der Waals surface area (Å²) in [5.41, 5.74) is 1.02. The van der Waals surface area contributed by atoms with E-state index in [2.05, 4.69) is 54.7 Å². The number of hydrogen-bond donors (Lipinski definition) is 0. The van der Waals surface area contributed by atoms with Crippen LogP contribution < -0.4 is 4.90 Å². The van der Waals surface area contributed by atoms with Crippen molar-refractivity contribution in [3.8, 4) is 0 Å². The molecule has 1 aromatic heterocycles. The van der Waals surface area contributed by atoms with Gasteiger partial charge in [-0.3, -0.25) is 0 Å². The molecule has 3 heteroatoms. The van der Waals surface area contributed by atoms with Crippen molar-refractivity contribution >= 4 is 16.7 Å². The molecule has 0 aliphatic rings. The van der Waals surface area contributed by atoms with E-state index in [0.29, 0.717) is 11.8 Å². The lowest BCUT2D eigenvalue weighted by Gasteiger charge is -2.28. The predicted octanol–water partition coefficient (Wildman–Crippen LogP) is 3.75. The number of aromatic nitrogens is 2. The van der Waals surface area contributed by atoms with Gasteiger partial charge < -0.3 is 4.90 Å². The number of hydrogen-bond acceptors (Lipinski definition) is 3. The van der Waals surface area contributed by atoms with Gasteiger partial charge in [-0.2, -0.15) is 0 Å². The molecule has 0 saturated heterocycles. The molecular weight excluding hydrogens is 234 g/mol. The summed E-state index contributed by atoms with van der Waals surface area (Å²) < 4.78 is 0.